The van der Waals surface area contributed by atoms with Crippen molar-refractivity contribution in [2.75, 3.05) is 17.2 Å². The normalized spacial score (nSPS) is 12.4. The predicted octanol–water partition coefficient (Wildman–Crippen LogP) is 3.78. The SMILES string of the molecule is CC(=O)Oc1cccc(CNc2nc(NCC(C)N)n(C(C)C)c3c(C(C)C)nnc2-3)c1. The van der Waals surface area contributed by atoms with Crippen LogP contribution in [0.5, 0.6) is 5.75 Å². The lowest BCUT2D eigenvalue weighted by molar-refractivity contribution is -0.131. The number of carbonyl (C=O) groups excluding carboxylic acids is 1. The standard InChI is InChI=1S/C23H33N7O2/c1-13(2)19-21-20(29-28-19)22(27-23(26-11-15(5)24)30(21)14(3)4)25-12-17-8-7-9-18(10-17)32-16(6)31/h7-10,13-15,25H,11-12,24H2,1-6H3,(H,26,27). The highest BCUT2D eigenvalue weighted by atomic mass is 16.5. The highest BCUT2D eigenvalue weighted by Crippen LogP contribution is 2.37. The zero-order valence-corrected chi connectivity index (χ0v) is 19.6. The van der Waals surface area contributed by atoms with E-state index in [1.54, 1.807) is 6.07 Å². The van der Waals surface area contributed by atoms with Gasteiger partial charge in [-0.15, -0.1) is 5.10 Å². The lowest BCUT2D eigenvalue weighted by atomic mass is 10.1. The van der Waals surface area contributed by atoms with Gasteiger partial charge >= 0.3 is 5.97 Å². The fourth-order valence-corrected chi connectivity index (χ4v) is 3.50. The maximum Gasteiger partial charge on any atom is 0.308 e. The summed E-state index contributed by atoms with van der Waals surface area (Å²) in [5.41, 5.74) is 9.56. The summed E-state index contributed by atoms with van der Waals surface area (Å²) in [5.74, 6) is 1.73. The molecule has 9 nitrogen and oxygen atoms in total. The molecule has 1 unspecified atom stereocenters. The maximum atomic E-state index is 11.3. The average molecular weight is 440 g/mol. The third-order valence-electron chi connectivity index (χ3n) is 4.90. The van der Waals surface area contributed by atoms with Crippen molar-refractivity contribution in [1.29, 1.82) is 0 Å². The summed E-state index contributed by atoms with van der Waals surface area (Å²) in [5, 5.41) is 15.7. The van der Waals surface area contributed by atoms with Crippen LogP contribution in [0.3, 0.4) is 0 Å². The van der Waals surface area contributed by atoms with E-state index in [9.17, 15) is 4.79 Å². The van der Waals surface area contributed by atoms with Gasteiger partial charge in [-0.2, -0.15) is 10.1 Å². The Hall–Kier alpha value is -3.20. The first kappa shape index (κ1) is 23.5. The molecule has 0 spiro atoms. The van der Waals surface area contributed by atoms with Gasteiger partial charge in [0.15, 0.2) is 11.5 Å². The first-order valence-electron chi connectivity index (χ1n) is 11.0. The number of rotatable bonds is 9. The number of nitrogens with zero attached hydrogens (tertiary/aromatic N) is 4. The Labute approximate surface area is 189 Å². The van der Waals surface area contributed by atoms with Gasteiger partial charge in [0.1, 0.15) is 5.75 Å². The van der Waals surface area contributed by atoms with Crippen molar-refractivity contribution in [3.05, 3.63) is 35.5 Å². The van der Waals surface area contributed by atoms with Crippen molar-refractivity contribution in [2.24, 2.45) is 5.73 Å². The summed E-state index contributed by atoms with van der Waals surface area (Å²) < 4.78 is 7.33. The van der Waals surface area contributed by atoms with Crippen molar-refractivity contribution in [3.8, 4) is 17.1 Å². The highest BCUT2D eigenvalue weighted by molar-refractivity contribution is 5.75. The van der Waals surface area contributed by atoms with Crippen LogP contribution in [-0.2, 0) is 11.3 Å². The first-order chi connectivity index (χ1) is 15.2. The van der Waals surface area contributed by atoms with Gasteiger partial charge in [0.05, 0.1) is 11.4 Å². The van der Waals surface area contributed by atoms with Crippen LogP contribution in [0.4, 0.5) is 11.8 Å². The number of nitrogens with two attached hydrogens (primary N) is 1. The fraction of sp³-hybridized carbons (Fsp3) is 0.478. The molecule has 3 rings (SSSR count). The second kappa shape index (κ2) is 9.95. The molecule has 0 fully saturated rings. The van der Waals surface area contributed by atoms with Crippen LogP contribution in [-0.4, -0.2) is 38.3 Å². The number of ether oxygens (including phenoxy) is 1. The van der Waals surface area contributed by atoms with Crippen molar-refractivity contribution in [3.63, 3.8) is 0 Å². The average Bonchev–Trinajstić information content (AvgIpc) is 3.15. The third-order valence-corrected chi connectivity index (χ3v) is 4.90. The molecule has 172 valence electrons. The van der Waals surface area contributed by atoms with E-state index in [1.807, 2.05) is 25.1 Å². The van der Waals surface area contributed by atoms with Crippen LogP contribution in [0.2, 0.25) is 0 Å². The largest absolute Gasteiger partial charge is 0.427 e. The number of fused-ring (bicyclic) bond motifs is 1. The second-order valence-corrected chi connectivity index (χ2v) is 8.64. The molecule has 0 saturated carbocycles. The molecule has 9 heteroatoms. The molecule has 0 amide bonds. The van der Waals surface area contributed by atoms with E-state index in [-0.39, 0.29) is 24.0 Å². The fourth-order valence-electron chi connectivity index (χ4n) is 3.50. The van der Waals surface area contributed by atoms with E-state index >= 15 is 0 Å². The van der Waals surface area contributed by atoms with Gasteiger partial charge in [-0.3, -0.25) is 4.79 Å². The maximum absolute atomic E-state index is 11.3. The summed E-state index contributed by atoms with van der Waals surface area (Å²) in [4.78, 5) is 16.1. The van der Waals surface area contributed by atoms with Gasteiger partial charge in [0.25, 0.3) is 0 Å². The number of carbonyl (C=O) groups is 1. The van der Waals surface area contributed by atoms with Crippen LogP contribution in [0, 0.1) is 0 Å². The lowest BCUT2D eigenvalue weighted by Crippen LogP contribution is -2.28. The van der Waals surface area contributed by atoms with Gasteiger partial charge in [-0.05, 0) is 44.4 Å². The summed E-state index contributed by atoms with van der Waals surface area (Å²) in [6.07, 6.45) is 0. The Morgan fingerprint density at radius 1 is 1.16 bits per heavy atom. The molecule has 1 aromatic rings. The van der Waals surface area contributed by atoms with Crippen LogP contribution in [0.1, 0.15) is 64.8 Å². The molecule has 0 saturated heterocycles. The zero-order chi connectivity index (χ0) is 23.4. The molecule has 4 N–H and O–H groups in total. The summed E-state index contributed by atoms with van der Waals surface area (Å²) >= 11 is 0. The van der Waals surface area contributed by atoms with Gasteiger partial charge in [0.2, 0.25) is 5.95 Å². The minimum absolute atomic E-state index is 0.0194. The molecule has 1 atom stereocenters. The van der Waals surface area contributed by atoms with Gasteiger partial charge in [0, 0.05) is 32.1 Å². The molecular weight excluding hydrogens is 406 g/mol. The molecule has 1 aromatic carbocycles. The number of hydrogen-bond acceptors (Lipinski definition) is 8. The summed E-state index contributed by atoms with van der Waals surface area (Å²) in [6, 6.07) is 7.52. The Morgan fingerprint density at radius 2 is 1.91 bits per heavy atom. The minimum atomic E-state index is -0.349. The van der Waals surface area contributed by atoms with Crippen LogP contribution >= 0.6 is 0 Å². The number of nitrogens with one attached hydrogen (secondary N) is 2. The number of aromatic nitrogens is 4. The molecular formula is C23H33N7O2. The van der Waals surface area contributed by atoms with E-state index in [0.717, 1.165) is 28.6 Å². The Kier molecular flexibility index (Phi) is 7.29. The van der Waals surface area contributed by atoms with Crippen molar-refractivity contribution in [2.45, 2.75) is 66.1 Å². The molecule has 2 heterocycles. The smallest absolute Gasteiger partial charge is 0.308 e. The number of benzene rings is 1. The van der Waals surface area contributed by atoms with Crippen molar-refractivity contribution in [1.82, 2.24) is 19.7 Å². The van der Waals surface area contributed by atoms with E-state index in [0.29, 0.717) is 24.7 Å². The molecule has 0 bridgehead atoms. The van der Waals surface area contributed by atoms with E-state index in [1.165, 1.54) is 6.92 Å². The van der Waals surface area contributed by atoms with Crippen LogP contribution in [0.15, 0.2) is 24.3 Å². The van der Waals surface area contributed by atoms with Crippen LogP contribution < -0.4 is 21.1 Å². The first-order valence-corrected chi connectivity index (χ1v) is 11.0. The van der Waals surface area contributed by atoms with E-state index in [4.69, 9.17) is 15.5 Å². The lowest BCUT2D eigenvalue weighted by Gasteiger charge is -2.25. The van der Waals surface area contributed by atoms with E-state index in [2.05, 4.69) is 53.1 Å². The highest BCUT2D eigenvalue weighted by Gasteiger charge is 2.27. The Bertz CT molecular complexity index is 1040. The molecule has 32 heavy (non-hydrogen) atoms. The number of anilines is 2. The van der Waals surface area contributed by atoms with Crippen molar-refractivity contribution < 1.29 is 9.53 Å². The second-order valence-electron chi connectivity index (χ2n) is 8.64. The summed E-state index contributed by atoms with van der Waals surface area (Å²) in [7, 11) is 0. The van der Waals surface area contributed by atoms with Gasteiger partial charge in [-0.25, -0.2) is 0 Å². The monoisotopic (exact) mass is 439 g/mol. The molecule has 0 aliphatic carbocycles. The topological polar surface area (TPSA) is 120 Å². The summed E-state index contributed by atoms with van der Waals surface area (Å²) in [6.45, 7) is 12.9. The predicted molar refractivity (Wildman–Crippen MR) is 126 cm³/mol. The Balaban J connectivity index is 2.00. The number of esters is 1. The Morgan fingerprint density at radius 3 is 2.53 bits per heavy atom. The van der Waals surface area contributed by atoms with E-state index < -0.39 is 0 Å². The minimum Gasteiger partial charge on any atom is -0.427 e. The molecule has 2 aliphatic rings. The molecule has 2 aliphatic heterocycles. The molecule has 0 radical (unpaired) electrons. The quantitative estimate of drug-likeness (QED) is 0.340. The van der Waals surface area contributed by atoms with Gasteiger partial charge < -0.3 is 25.7 Å². The third kappa shape index (κ3) is 5.34. The van der Waals surface area contributed by atoms with Gasteiger partial charge in [-0.1, -0.05) is 26.0 Å². The van der Waals surface area contributed by atoms with Crippen molar-refractivity contribution >= 4 is 17.7 Å². The van der Waals surface area contributed by atoms with Crippen LogP contribution in [0.25, 0.3) is 11.4 Å². The zero-order valence-electron chi connectivity index (χ0n) is 19.6. The number of hydrogen-bond donors (Lipinski definition) is 3. The molecule has 0 aromatic heterocycles.